The van der Waals surface area contributed by atoms with Gasteiger partial charge in [-0.1, -0.05) is 0 Å². The van der Waals surface area contributed by atoms with Gasteiger partial charge in [-0.15, -0.1) is 35.3 Å². The van der Waals surface area contributed by atoms with Crippen LogP contribution in [-0.4, -0.2) is 55.0 Å². The van der Waals surface area contributed by atoms with Gasteiger partial charge in [0.15, 0.2) is 11.7 Å². The molecule has 3 N–H and O–H groups in total. The van der Waals surface area contributed by atoms with E-state index in [0.29, 0.717) is 43.0 Å². The number of aliphatic imine (C=N–C) groups is 1. The number of ether oxygens (including phenoxy) is 1. The molecule has 0 spiro atoms. The molecule has 1 aliphatic carbocycles. The van der Waals surface area contributed by atoms with E-state index < -0.39 is 18.0 Å². The Morgan fingerprint density at radius 2 is 2.19 bits per heavy atom. The van der Waals surface area contributed by atoms with Gasteiger partial charge in [0.05, 0.1) is 24.3 Å². The Kier molecular flexibility index (Phi) is 10.9. The first-order chi connectivity index (χ1) is 12.4. The van der Waals surface area contributed by atoms with Gasteiger partial charge in [-0.2, -0.15) is 13.2 Å². The number of thiazole rings is 1. The zero-order chi connectivity index (χ0) is 19.0. The predicted octanol–water partition coefficient (Wildman–Crippen LogP) is 2.67. The van der Waals surface area contributed by atoms with Crippen molar-refractivity contribution in [2.75, 3.05) is 32.8 Å². The zero-order valence-electron chi connectivity index (χ0n) is 15.1. The summed E-state index contributed by atoms with van der Waals surface area (Å²) in [6.07, 6.45) is -2.33. The molecule has 6 nitrogen and oxygen atoms in total. The quantitative estimate of drug-likeness (QED) is 0.250. The highest BCUT2D eigenvalue weighted by atomic mass is 127. The molecule has 2 rings (SSSR count). The molecule has 27 heavy (non-hydrogen) atoms. The van der Waals surface area contributed by atoms with E-state index >= 15 is 0 Å². The smallest absolute Gasteiger partial charge is 0.389 e. The zero-order valence-corrected chi connectivity index (χ0v) is 18.2. The van der Waals surface area contributed by atoms with Gasteiger partial charge >= 0.3 is 6.18 Å². The molecule has 0 bridgehead atoms. The van der Waals surface area contributed by atoms with Crippen molar-refractivity contribution in [2.45, 2.75) is 38.5 Å². The maximum atomic E-state index is 12.5. The summed E-state index contributed by atoms with van der Waals surface area (Å²) in [6.45, 7) is 4.06. The van der Waals surface area contributed by atoms with Gasteiger partial charge in [0.1, 0.15) is 0 Å². The largest absolute Gasteiger partial charge is 0.434 e. The molecule has 1 atom stereocenters. The minimum Gasteiger partial charge on any atom is -0.389 e. The molecule has 1 fully saturated rings. The molecular weight excluding hydrogens is 496 g/mol. The highest BCUT2D eigenvalue weighted by molar-refractivity contribution is 14.0. The highest BCUT2D eigenvalue weighted by Gasteiger charge is 2.33. The molecular formula is C16H26F3IN4O2S. The second-order valence-corrected chi connectivity index (χ2v) is 7.10. The van der Waals surface area contributed by atoms with Crippen LogP contribution in [0.4, 0.5) is 13.2 Å². The van der Waals surface area contributed by atoms with Crippen LogP contribution in [0.2, 0.25) is 0 Å². The predicted molar refractivity (Wildman–Crippen MR) is 110 cm³/mol. The van der Waals surface area contributed by atoms with E-state index in [9.17, 15) is 18.3 Å². The summed E-state index contributed by atoms with van der Waals surface area (Å²) in [4.78, 5) is 7.86. The van der Waals surface area contributed by atoms with Crippen LogP contribution >= 0.6 is 35.3 Å². The molecule has 1 saturated carbocycles. The third-order valence-corrected chi connectivity index (χ3v) is 4.55. The molecule has 0 aliphatic heterocycles. The number of nitrogens with one attached hydrogen (secondary N) is 2. The molecule has 1 aromatic rings. The lowest BCUT2D eigenvalue weighted by molar-refractivity contribution is -0.140. The van der Waals surface area contributed by atoms with Crippen molar-refractivity contribution in [1.82, 2.24) is 15.6 Å². The van der Waals surface area contributed by atoms with E-state index in [2.05, 4.69) is 20.6 Å². The number of nitrogens with zero attached hydrogens (tertiary/aromatic N) is 2. The van der Waals surface area contributed by atoms with E-state index in [0.717, 1.165) is 16.7 Å². The molecule has 1 aromatic heterocycles. The highest BCUT2D eigenvalue weighted by Crippen LogP contribution is 2.30. The molecule has 1 aliphatic rings. The molecule has 1 heterocycles. The van der Waals surface area contributed by atoms with Crippen LogP contribution in [0.25, 0.3) is 0 Å². The molecule has 0 amide bonds. The van der Waals surface area contributed by atoms with Gasteiger partial charge in [-0.25, -0.2) is 4.98 Å². The van der Waals surface area contributed by atoms with Crippen molar-refractivity contribution in [3.63, 3.8) is 0 Å². The van der Waals surface area contributed by atoms with E-state index in [-0.39, 0.29) is 37.1 Å². The summed E-state index contributed by atoms with van der Waals surface area (Å²) in [7, 11) is 0. The van der Waals surface area contributed by atoms with E-state index in [1.165, 1.54) is 12.8 Å². The first-order valence-corrected chi connectivity index (χ1v) is 9.56. The van der Waals surface area contributed by atoms with Crippen LogP contribution in [-0.2, 0) is 17.3 Å². The van der Waals surface area contributed by atoms with E-state index in [1.807, 2.05) is 6.92 Å². The Labute approximate surface area is 178 Å². The summed E-state index contributed by atoms with van der Waals surface area (Å²) >= 11 is 0.988. The maximum Gasteiger partial charge on any atom is 0.434 e. The summed E-state index contributed by atoms with van der Waals surface area (Å²) in [5, 5.41) is 17.4. The average molecular weight is 522 g/mol. The number of rotatable bonds is 10. The topological polar surface area (TPSA) is 78.8 Å². The fourth-order valence-corrected chi connectivity index (χ4v) is 2.90. The Morgan fingerprint density at radius 1 is 1.44 bits per heavy atom. The molecule has 0 saturated heterocycles. The Balaban J connectivity index is 0.00000364. The van der Waals surface area contributed by atoms with Crippen molar-refractivity contribution in [1.29, 1.82) is 0 Å². The third-order valence-electron chi connectivity index (χ3n) is 3.64. The van der Waals surface area contributed by atoms with Crippen molar-refractivity contribution in [3.05, 3.63) is 16.1 Å². The van der Waals surface area contributed by atoms with Crippen LogP contribution in [0.15, 0.2) is 10.4 Å². The third kappa shape index (κ3) is 9.90. The van der Waals surface area contributed by atoms with Gasteiger partial charge in [-0.05, 0) is 25.7 Å². The fourth-order valence-electron chi connectivity index (χ4n) is 2.09. The lowest BCUT2D eigenvalue weighted by Crippen LogP contribution is -2.39. The number of hydrogen-bond acceptors (Lipinski definition) is 5. The van der Waals surface area contributed by atoms with Gasteiger partial charge in [-0.3, -0.25) is 4.99 Å². The number of guanidine groups is 1. The molecule has 11 heteroatoms. The maximum absolute atomic E-state index is 12.5. The number of aliphatic hydroxyl groups is 1. The first-order valence-electron chi connectivity index (χ1n) is 8.68. The lowest BCUT2D eigenvalue weighted by atomic mass is 10.4. The number of halogens is 4. The van der Waals surface area contributed by atoms with Gasteiger partial charge in [0, 0.05) is 31.5 Å². The summed E-state index contributed by atoms with van der Waals surface area (Å²) < 4.78 is 43.0. The number of alkyl halides is 3. The van der Waals surface area contributed by atoms with Gasteiger partial charge in [0.25, 0.3) is 0 Å². The van der Waals surface area contributed by atoms with Crippen molar-refractivity contribution in [2.24, 2.45) is 10.9 Å². The second kappa shape index (κ2) is 12.0. The van der Waals surface area contributed by atoms with Crippen molar-refractivity contribution in [3.8, 4) is 0 Å². The Bertz CT molecular complexity index is 582. The SMILES string of the molecule is CCNC(=NCC(O)COCC1CC1)NCCc1nc(C(F)(F)F)cs1.I. The van der Waals surface area contributed by atoms with Crippen molar-refractivity contribution >= 4 is 41.3 Å². The monoisotopic (exact) mass is 522 g/mol. The first kappa shape index (κ1) is 24.4. The summed E-state index contributed by atoms with van der Waals surface area (Å²) in [6, 6.07) is 0. The lowest BCUT2D eigenvalue weighted by Gasteiger charge is -2.13. The standard InChI is InChI=1S/C16H25F3N4O2S.HI/c1-2-20-15(22-7-12(24)9-25-8-11-3-4-11)21-6-5-14-23-13(10-26-14)16(17,18)19;/h10-12,24H,2-9H2,1H3,(H2,20,21,22);1H. The molecule has 156 valence electrons. The number of hydrogen-bond donors (Lipinski definition) is 3. The normalized spacial score (nSPS) is 16.0. The number of aliphatic hydroxyl groups excluding tert-OH is 1. The fraction of sp³-hybridized carbons (Fsp3) is 0.750. The van der Waals surface area contributed by atoms with Crippen LogP contribution in [0, 0.1) is 5.92 Å². The summed E-state index contributed by atoms with van der Waals surface area (Å²) in [5.74, 6) is 1.15. The Hall–Kier alpha value is -0.660. The summed E-state index contributed by atoms with van der Waals surface area (Å²) in [5.41, 5.74) is -0.854. The van der Waals surface area contributed by atoms with Gasteiger partial charge in [0.2, 0.25) is 0 Å². The minimum atomic E-state index is -4.41. The Morgan fingerprint density at radius 3 is 2.78 bits per heavy atom. The van der Waals surface area contributed by atoms with Crippen LogP contribution < -0.4 is 10.6 Å². The van der Waals surface area contributed by atoms with Crippen LogP contribution in [0.5, 0.6) is 0 Å². The van der Waals surface area contributed by atoms with Crippen molar-refractivity contribution < 1.29 is 23.0 Å². The molecule has 0 aromatic carbocycles. The molecule has 0 radical (unpaired) electrons. The van der Waals surface area contributed by atoms with E-state index in [1.54, 1.807) is 0 Å². The number of aromatic nitrogens is 1. The van der Waals surface area contributed by atoms with Crippen LogP contribution in [0.1, 0.15) is 30.5 Å². The molecule has 1 unspecified atom stereocenters. The average Bonchev–Trinajstić information content (AvgIpc) is 3.26. The second-order valence-electron chi connectivity index (χ2n) is 6.16. The minimum absolute atomic E-state index is 0. The van der Waals surface area contributed by atoms with Crippen LogP contribution in [0.3, 0.4) is 0 Å². The van der Waals surface area contributed by atoms with E-state index in [4.69, 9.17) is 4.74 Å². The van der Waals surface area contributed by atoms with Gasteiger partial charge < -0.3 is 20.5 Å².